The Kier molecular flexibility index (Phi) is 6.92. The molecule has 0 aromatic carbocycles. The fourth-order valence-electron chi connectivity index (χ4n) is 3.58. The Morgan fingerprint density at radius 2 is 2.03 bits per heavy atom. The summed E-state index contributed by atoms with van der Waals surface area (Å²) in [5, 5.41) is 11.3. The SMILES string of the molecule is CC(C)(C)OC(=O)N1CCC[C@H](n2cc(-c3ccc(NC(=O)c4cccc(Br)n4)nc3)nn2)C1. The average Bonchev–Trinajstić information content (AvgIpc) is 3.29. The number of halogens is 1. The molecule has 2 amide bonds. The zero-order valence-corrected chi connectivity index (χ0v) is 20.8. The van der Waals surface area contributed by atoms with Crippen LogP contribution in [-0.2, 0) is 4.74 Å². The van der Waals surface area contributed by atoms with E-state index in [-0.39, 0.29) is 23.7 Å². The Morgan fingerprint density at radius 1 is 1.21 bits per heavy atom. The minimum absolute atomic E-state index is 0.0201. The number of nitrogens with one attached hydrogen (secondary N) is 1. The molecule has 34 heavy (non-hydrogen) atoms. The van der Waals surface area contributed by atoms with Crippen molar-refractivity contribution in [3.63, 3.8) is 0 Å². The Balaban J connectivity index is 1.40. The van der Waals surface area contributed by atoms with Gasteiger partial charge in [-0.3, -0.25) is 4.79 Å². The molecule has 4 rings (SSSR count). The molecule has 11 heteroatoms. The third-order valence-corrected chi connectivity index (χ3v) is 5.62. The van der Waals surface area contributed by atoms with Gasteiger partial charge in [0.25, 0.3) is 5.91 Å². The fourth-order valence-corrected chi connectivity index (χ4v) is 3.93. The summed E-state index contributed by atoms with van der Waals surface area (Å²) in [6.07, 6.45) is 4.94. The molecule has 3 aromatic heterocycles. The van der Waals surface area contributed by atoms with Gasteiger partial charge in [0.05, 0.1) is 12.2 Å². The number of pyridine rings is 2. The summed E-state index contributed by atoms with van der Waals surface area (Å²) in [5.74, 6) is 0.0579. The molecule has 0 unspecified atom stereocenters. The van der Waals surface area contributed by atoms with Crippen LogP contribution in [0.25, 0.3) is 11.3 Å². The van der Waals surface area contributed by atoms with Crippen molar-refractivity contribution in [3.8, 4) is 11.3 Å². The monoisotopic (exact) mass is 527 g/mol. The molecule has 0 spiro atoms. The second kappa shape index (κ2) is 9.88. The smallest absolute Gasteiger partial charge is 0.410 e. The van der Waals surface area contributed by atoms with Gasteiger partial charge in [-0.2, -0.15) is 0 Å². The summed E-state index contributed by atoms with van der Waals surface area (Å²) < 4.78 is 7.88. The lowest BCUT2D eigenvalue weighted by Crippen LogP contribution is -2.43. The van der Waals surface area contributed by atoms with Crippen LogP contribution in [0, 0.1) is 0 Å². The normalized spacial score (nSPS) is 16.2. The van der Waals surface area contributed by atoms with E-state index in [1.54, 1.807) is 40.0 Å². The van der Waals surface area contributed by atoms with Crippen LogP contribution in [0.2, 0.25) is 0 Å². The number of likely N-dealkylation sites (tertiary alicyclic amines) is 1. The number of nitrogens with zero attached hydrogens (tertiary/aromatic N) is 6. The summed E-state index contributed by atoms with van der Waals surface area (Å²) >= 11 is 3.26. The van der Waals surface area contributed by atoms with Crippen molar-refractivity contribution in [2.24, 2.45) is 0 Å². The second-order valence-corrected chi connectivity index (χ2v) is 9.85. The first-order valence-corrected chi connectivity index (χ1v) is 11.8. The first-order chi connectivity index (χ1) is 16.2. The highest BCUT2D eigenvalue weighted by molar-refractivity contribution is 9.10. The van der Waals surface area contributed by atoms with E-state index in [1.165, 1.54) is 0 Å². The van der Waals surface area contributed by atoms with Crippen molar-refractivity contribution in [3.05, 3.63) is 53.0 Å². The summed E-state index contributed by atoms with van der Waals surface area (Å²) in [6, 6.07) is 8.66. The van der Waals surface area contributed by atoms with Crippen LogP contribution in [0.1, 0.15) is 50.1 Å². The third kappa shape index (κ3) is 5.96. The second-order valence-electron chi connectivity index (χ2n) is 9.04. The van der Waals surface area contributed by atoms with E-state index in [0.717, 1.165) is 18.4 Å². The lowest BCUT2D eigenvalue weighted by molar-refractivity contribution is 0.0166. The van der Waals surface area contributed by atoms with E-state index in [0.29, 0.717) is 29.2 Å². The lowest BCUT2D eigenvalue weighted by atomic mass is 10.1. The largest absolute Gasteiger partial charge is 0.444 e. The predicted octanol–water partition coefficient (Wildman–Crippen LogP) is 4.32. The maximum Gasteiger partial charge on any atom is 0.410 e. The van der Waals surface area contributed by atoms with E-state index in [9.17, 15) is 9.59 Å². The van der Waals surface area contributed by atoms with Crippen molar-refractivity contribution in [2.75, 3.05) is 18.4 Å². The highest BCUT2D eigenvalue weighted by atomic mass is 79.9. The molecular weight excluding hydrogens is 502 g/mol. The Labute approximate surface area is 205 Å². The van der Waals surface area contributed by atoms with Crippen molar-refractivity contribution >= 4 is 33.7 Å². The van der Waals surface area contributed by atoms with Gasteiger partial charge in [0.15, 0.2) is 0 Å². The molecule has 1 atom stereocenters. The van der Waals surface area contributed by atoms with Crippen LogP contribution in [0.4, 0.5) is 10.6 Å². The van der Waals surface area contributed by atoms with E-state index in [1.807, 2.05) is 33.0 Å². The number of piperidine rings is 1. The zero-order chi connectivity index (χ0) is 24.3. The number of amides is 2. The number of carbonyl (C=O) groups excluding carboxylic acids is 2. The van der Waals surface area contributed by atoms with E-state index >= 15 is 0 Å². The standard InChI is InChI=1S/C23H26BrN7O3/c1-23(2,3)34-22(33)30-11-5-6-16(13-30)31-14-18(28-29-31)15-9-10-20(25-12-15)27-21(32)17-7-4-8-19(24)26-17/h4,7-10,12,14,16H,5-6,11,13H2,1-3H3,(H,25,27,32)/t16-/m0/s1. The molecule has 1 fully saturated rings. The number of hydrogen-bond donors (Lipinski definition) is 1. The number of aromatic nitrogens is 5. The molecule has 10 nitrogen and oxygen atoms in total. The molecule has 0 radical (unpaired) electrons. The predicted molar refractivity (Wildman–Crippen MR) is 129 cm³/mol. The summed E-state index contributed by atoms with van der Waals surface area (Å²) in [4.78, 5) is 35.0. The van der Waals surface area contributed by atoms with Gasteiger partial charge in [-0.1, -0.05) is 11.3 Å². The quantitative estimate of drug-likeness (QED) is 0.502. The van der Waals surface area contributed by atoms with Gasteiger partial charge in [0, 0.05) is 24.8 Å². The molecule has 1 N–H and O–H groups in total. The molecule has 0 bridgehead atoms. The number of carbonyl (C=O) groups is 2. The number of hydrogen-bond acceptors (Lipinski definition) is 7. The minimum atomic E-state index is -0.530. The minimum Gasteiger partial charge on any atom is -0.444 e. The number of ether oxygens (including phenoxy) is 1. The topological polar surface area (TPSA) is 115 Å². The molecule has 4 heterocycles. The third-order valence-electron chi connectivity index (χ3n) is 5.18. The maximum atomic E-state index is 12.4. The van der Waals surface area contributed by atoms with Crippen LogP contribution in [-0.4, -0.2) is 60.6 Å². The van der Waals surface area contributed by atoms with Crippen molar-refractivity contribution in [2.45, 2.75) is 45.3 Å². The summed E-state index contributed by atoms with van der Waals surface area (Å²) in [6.45, 7) is 6.76. The van der Waals surface area contributed by atoms with Gasteiger partial charge in [-0.15, -0.1) is 5.10 Å². The van der Waals surface area contributed by atoms with Crippen LogP contribution in [0.5, 0.6) is 0 Å². The van der Waals surface area contributed by atoms with Gasteiger partial charge >= 0.3 is 6.09 Å². The average molecular weight is 528 g/mol. The molecule has 3 aromatic rings. The van der Waals surface area contributed by atoms with Gasteiger partial charge in [-0.25, -0.2) is 19.4 Å². The zero-order valence-electron chi connectivity index (χ0n) is 19.2. The van der Waals surface area contributed by atoms with Crippen molar-refractivity contribution in [1.29, 1.82) is 0 Å². The fraction of sp³-hybridized carbons (Fsp3) is 0.391. The summed E-state index contributed by atoms with van der Waals surface area (Å²) in [7, 11) is 0. The highest BCUT2D eigenvalue weighted by Gasteiger charge is 2.29. The van der Waals surface area contributed by atoms with Gasteiger partial charge in [0.1, 0.15) is 27.4 Å². The van der Waals surface area contributed by atoms with Crippen LogP contribution < -0.4 is 5.32 Å². The molecule has 178 valence electrons. The van der Waals surface area contributed by atoms with Crippen molar-refractivity contribution < 1.29 is 14.3 Å². The molecule has 1 aliphatic heterocycles. The molecule has 1 aliphatic rings. The lowest BCUT2D eigenvalue weighted by Gasteiger charge is -2.33. The maximum absolute atomic E-state index is 12.4. The van der Waals surface area contributed by atoms with Crippen LogP contribution in [0.3, 0.4) is 0 Å². The Hall–Kier alpha value is -3.34. The van der Waals surface area contributed by atoms with Crippen LogP contribution in [0.15, 0.2) is 47.3 Å². The van der Waals surface area contributed by atoms with Crippen molar-refractivity contribution in [1.82, 2.24) is 29.9 Å². The van der Waals surface area contributed by atoms with E-state index in [4.69, 9.17) is 4.74 Å². The Bertz CT molecular complexity index is 1170. The van der Waals surface area contributed by atoms with Gasteiger partial charge in [0.2, 0.25) is 0 Å². The molecular formula is C23H26BrN7O3. The van der Waals surface area contributed by atoms with E-state index < -0.39 is 5.60 Å². The molecule has 1 saturated heterocycles. The van der Waals surface area contributed by atoms with Gasteiger partial charge in [-0.05, 0) is 73.8 Å². The number of anilines is 1. The Morgan fingerprint density at radius 3 is 2.74 bits per heavy atom. The molecule has 0 aliphatic carbocycles. The number of rotatable bonds is 4. The summed E-state index contributed by atoms with van der Waals surface area (Å²) in [5.41, 5.74) is 1.19. The van der Waals surface area contributed by atoms with Crippen LogP contribution >= 0.6 is 15.9 Å². The van der Waals surface area contributed by atoms with E-state index in [2.05, 4.69) is 41.5 Å². The highest BCUT2D eigenvalue weighted by Crippen LogP contribution is 2.25. The molecule has 0 saturated carbocycles. The van der Waals surface area contributed by atoms with Gasteiger partial charge < -0.3 is 15.0 Å². The first kappa shape index (κ1) is 23.8. The first-order valence-electron chi connectivity index (χ1n) is 11.0.